The van der Waals surface area contributed by atoms with Gasteiger partial charge in [0.25, 0.3) is 5.56 Å². The second-order valence-electron chi connectivity index (χ2n) is 9.88. The minimum atomic E-state index is -0.227. The number of fused-ring (bicyclic) bond motifs is 2. The van der Waals surface area contributed by atoms with Gasteiger partial charge in [0.1, 0.15) is 5.52 Å². The fourth-order valence-corrected chi connectivity index (χ4v) is 4.97. The molecule has 174 valence electrons. The predicted molar refractivity (Wildman–Crippen MR) is 133 cm³/mol. The molecule has 8 heteroatoms. The average molecular weight is 465 g/mol. The first-order chi connectivity index (χ1) is 17.1. The number of carbonyl (C=O) groups excluding carboxylic acids is 1. The summed E-state index contributed by atoms with van der Waals surface area (Å²) in [5.41, 5.74) is 5.33. The molecule has 35 heavy (non-hydrogen) atoms. The highest BCUT2D eigenvalue weighted by Gasteiger charge is 2.28. The summed E-state index contributed by atoms with van der Waals surface area (Å²) < 4.78 is 5.20. The maximum absolute atomic E-state index is 14.1. The Morgan fingerprint density at radius 1 is 1.06 bits per heavy atom. The molecule has 5 aromatic rings. The number of carbonyl (C=O) groups is 1. The largest absolute Gasteiger partial charge is 0.344 e. The van der Waals surface area contributed by atoms with Gasteiger partial charge in [-0.3, -0.25) is 19.3 Å². The highest BCUT2D eigenvalue weighted by atomic mass is 16.1. The van der Waals surface area contributed by atoms with Gasteiger partial charge in [-0.1, -0.05) is 6.07 Å². The molecule has 2 aliphatic carbocycles. The van der Waals surface area contributed by atoms with E-state index < -0.39 is 0 Å². The van der Waals surface area contributed by atoms with Crippen molar-refractivity contribution in [2.75, 3.05) is 0 Å². The van der Waals surface area contributed by atoms with Crippen LogP contribution in [0, 0.1) is 5.92 Å². The maximum atomic E-state index is 14.1. The lowest BCUT2D eigenvalue weighted by Gasteiger charge is -2.13. The van der Waals surface area contributed by atoms with Gasteiger partial charge < -0.3 is 4.57 Å². The Morgan fingerprint density at radius 3 is 2.63 bits per heavy atom. The number of hydrogen-bond donors (Lipinski definition) is 0. The van der Waals surface area contributed by atoms with Gasteiger partial charge in [0.15, 0.2) is 6.29 Å². The Labute approximate surface area is 200 Å². The molecule has 8 nitrogen and oxygen atoms in total. The number of aldehydes is 1. The second kappa shape index (κ2) is 7.46. The second-order valence-corrected chi connectivity index (χ2v) is 9.88. The van der Waals surface area contributed by atoms with E-state index in [2.05, 4.69) is 10.1 Å². The first kappa shape index (κ1) is 20.3. The number of benzene rings is 1. The molecule has 7 rings (SSSR count). The molecule has 2 aliphatic rings. The molecule has 0 saturated heterocycles. The summed E-state index contributed by atoms with van der Waals surface area (Å²) in [4.78, 5) is 30.8. The minimum absolute atomic E-state index is 0.227. The van der Waals surface area contributed by atoms with Crippen molar-refractivity contribution < 1.29 is 4.79 Å². The molecule has 0 amide bonds. The van der Waals surface area contributed by atoms with Gasteiger partial charge in [0.2, 0.25) is 0 Å². The molecule has 2 saturated carbocycles. The van der Waals surface area contributed by atoms with E-state index in [1.165, 1.54) is 30.4 Å². The van der Waals surface area contributed by atoms with Crippen LogP contribution in [0.4, 0.5) is 0 Å². The summed E-state index contributed by atoms with van der Waals surface area (Å²) in [6, 6.07) is 9.64. The van der Waals surface area contributed by atoms with E-state index in [9.17, 15) is 9.59 Å². The number of hydrogen-bond acceptors (Lipinski definition) is 5. The fraction of sp³-hybridized carbons (Fsp3) is 0.296. The van der Waals surface area contributed by atoms with Gasteiger partial charge in [-0.05, 0) is 55.9 Å². The van der Waals surface area contributed by atoms with E-state index in [4.69, 9.17) is 5.10 Å². The number of rotatable bonds is 6. The number of aryl methyl sites for hydroxylation is 1. The average Bonchev–Trinajstić information content (AvgIpc) is 3.79. The highest BCUT2D eigenvalue weighted by molar-refractivity contribution is 6.01. The van der Waals surface area contributed by atoms with Crippen LogP contribution in [0.15, 0.2) is 53.7 Å². The first-order valence-electron chi connectivity index (χ1n) is 12.1. The molecule has 0 atom stereocenters. The third kappa shape index (κ3) is 3.39. The van der Waals surface area contributed by atoms with Crippen LogP contribution in [0.2, 0.25) is 0 Å². The molecule has 0 bridgehead atoms. The molecular weight excluding hydrogens is 440 g/mol. The highest BCUT2D eigenvalue weighted by Crippen LogP contribution is 2.39. The molecule has 2 fully saturated rings. The van der Waals surface area contributed by atoms with Crippen molar-refractivity contribution in [3.8, 4) is 16.8 Å². The third-order valence-corrected chi connectivity index (χ3v) is 7.12. The summed E-state index contributed by atoms with van der Waals surface area (Å²) >= 11 is 0. The molecular formula is C27H24N6O2. The zero-order valence-electron chi connectivity index (χ0n) is 19.4. The van der Waals surface area contributed by atoms with Crippen LogP contribution in [0.5, 0.6) is 0 Å². The lowest BCUT2D eigenvalue weighted by atomic mass is 10.1. The lowest BCUT2D eigenvalue weighted by Crippen LogP contribution is -2.24. The topological polar surface area (TPSA) is 87.6 Å². The van der Waals surface area contributed by atoms with E-state index in [0.29, 0.717) is 39.7 Å². The van der Waals surface area contributed by atoms with Gasteiger partial charge in [0.05, 0.1) is 27.8 Å². The zero-order valence-corrected chi connectivity index (χ0v) is 19.4. The lowest BCUT2D eigenvalue weighted by molar-refractivity contribution is 0.112. The Morgan fingerprint density at radius 2 is 1.91 bits per heavy atom. The quantitative estimate of drug-likeness (QED) is 0.351. The number of nitrogens with zero attached hydrogens (tertiary/aromatic N) is 6. The summed E-state index contributed by atoms with van der Waals surface area (Å²) in [6.07, 6.45) is 11.0. The van der Waals surface area contributed by atoms with Crippen LogP contribution < -0.4 is 5.56 Å². The molecule has 0 unspecified atom stereocenters. The standard InChI is InChI=1S/C27H24N6O2/c1-31-13-19-10-21(7-9-23(19)29-31)33-27(35)24(18-6-8-22(28-11-18)17-4-5-17)26-25(30-33)20(15-34)14-32(26)12-16-2-3-16/h6-11,13-17H,2-5,12H2,1H3. The number of pyridine rings is 1. The summed E-state index contributed by atoms with van der Waals surface area (Å²) in [5.74, 6) is 1.11. The van der Waals surface area contributed by atoms with Gasteiger partial charge in [-0.15, -0.1) is 0 Å². The van der Waals surface area contributed by atoms with Crippen molar-refractivity contribution in [1.82, 2.24) is 29.1 Å². The van der Waals surface area contributed by atoms with Crippen LogP contribution in [-0.2, 0) is 13.6 Å². The normalized spacial score (nSPS) is 15.8. The zero-order chi connectivity index (χ0) is 23.7. The predicted octanol–water partition coefficient (Wildman–Crippen LogP) is 4.24. The Bertz CT molecular complexity index is 1680. The summed E-state index contributed by atoms with van der Waals surface area (Å²) in [5, 5.41) is 10.1. The van der Waals surface area contributed by atoms with E-state index >= 15 is 0 Å². The van der Waals surface area contributed by atoms with Crippen molar-refractivity contribution in [1.29, 1.82) is 0 Å². The molecule has 1 aromatic carbocycles. The number of aromatic nitrogens is 6. The summed E-state index contributed by atoms with van der Waals surface area (Å²) in [7, 11) is 1.87. The smallest absolute Gasteiger partial charge is 0.281 e. The van der Waals surface area contributed by atoms with Gasteiger partial charge >= 0.3 is 0 Å². The molecule has 4 aromatic heterocycles. The van der Waals surface area contributed by atoms with Gasteiger partial charge in [-0.25, -0.2) is 0 Å². The monoisotopic (exact) mass is 464 g/mol. The summed E-state index contributed by atoms with van der Waals surface area (Å²) in [6.45, 7) is 0.775. The molecule has 0 N–H and O–H groups in total. The molecule has 4 heterocycles. The Kier molecular flexibility index (Phi) is 4.33. The van der Waals surface area contributed by atoms with Crippen LogP contribution in [0.1, 0.15) is 47.7 Å². The maximum Gasteiger partial charge on any atom is 0.281 e. The fourth-order valence-electron chi connectivity index (χ4n) is 4.97. The van der Waals surface area contributed by atoms with E-state index in [0.717, 1.165) is 35.0 Å². The van der Waals surface area contributed by atoms with Crippen LogP contribution in [-0.4, -0.2) is 35.4 Å². The first-order valence-corrected chi connectivity index (χ1v) is 12.1. The molecule has 0 aliphatic heterocycles. The van der Waals surface area contributed by atoms with Gasteiger partial charge in [-0.2, -0.15) is 14.9 Å². The van der Waals surface area contributed by atoms with Crippen LogP contribution >= 0.6 is 0 Å². The molecule has 0 spiro atoms. The Balaban J connectivity index is 1.50. The van der Waals surface area contributed by atoms with Crippen molar-refractivity contribution in [3.05, 3.63) is 70.5 Å². The van der Waals surface area contributed by atoms with E-state index in [1.54, 1.807) is 10.9 Å². The van der Waals surface area contributed by atoms with Gasteiger partial charge in [0, 0.05) is 54.7 Å². The minimum Gasteiger partial charge on any atom is -0.344 e. The SMILES string of the molecule is Cn1cc2cc(-n3nc4c(C=O)cn(CC5CC5)c4c(-c4ccc(C5CC5)nc4)c3=O)ccc2n1. The van der Waals surface area contributed by atoms with Crippen molar-refractivity contribution in [2.45, 2.75) is 38.1 Å². The van der Waals surface area contributed by atoms with Crippen molar-refractivity contribution >= 4 is 28.2 Å². The van der Waals surface area contributed by atoms with Crippen molar-refractivity contribution in [2.24, 2.45) is 13.0 Å². The van der Waals surface area contributed by atoms with Crippen LogP contribution in [0.3, 0.4) is 0 Å². The Hall–Kier alpha value is -4.07. The van der Waals surface area contributed by atoms with Crippen LogP contribution in [0.25, 0.3) is 38.8 Å². The van der Waals surface area contributed by atoms with E-state index in [-0.39, 0.29) is 5.56 Å². The third-order valence-electron chi connectivity index (χ3n) is 7.12. The van der Waals surface area contributed by atoms with E-state index in [1.807, 2.05) is 54.3 Å². The van der Waals surface area contributed by atoms with Crippen molar-refractivity contribution in [3.63, 3.8) is 0 Å². The molecule has 0 radical (unpaired) electrons.